The highest BCUT2D eigenvalue weighted by atomic mass is 16.5. The van der Waals surface area contributed by atoms with Gasteiger partial charge in [0.05, 0.1) is 18.8 Å². The largest absolute Gasteiger partial charge is 0.394 e. The second kappa shape index (κ2) is 8.27. The minimum Gasteiger partial charge on any atom is -0.394 e. The van der Waals surface area contributed by atoms with Crippen LogP contribution in [0.4, 0.5) is 0 Å². The predicted molar refractivity (Wildman–Crippen MR) is 78.0 cm³/mol. The summed E-state index contributed by atoms with van der Waals surface area (Å²) in [6.07, 6.45) is 0.718. The lowest BCUT2D eigenvalue weighted by atomic mass is 9.88. The molecule has 0 heterocycles. The van der Waals surface area contributed by atoms with Crippen LogP contribution in [-0.4, -0.2) is 50.0 Å². The van der Waals surface area contributed by atoms with E-state index in [1.807, 2.05) is 44.3 Å². The molecule has 0 bridgehead atoms. The number of benzene rings is 1. The third kappa shape index (κ3) is 5.28. The Morgan fingerprint density at radius 3 is 2.53 bits per heavy atom. The van der Waals surface area contributed by atoms with E-state index in [1.54, 1.807) is 0 Å². The number of nitrogens with zero attached hydrogens (tertiary/aromatic N) is 1. The smallest absolute Gasteiger partial charge is 0.0656 e. The Kier molecular flexibility index (Phi) is 7.02. The van der Waals surface area contributed by atoms with E-state index in [-0.39, 0.29) is 6.61 Å². The van der Waals surface area contributed by atoms with Gasteiger partial charge in [-0.25, -0.2) is 0 Å². The van der Waals surface area contributed by atoms with E-state index >= 15 is 0 Å². The van der Waals surface area contributed by atoms with Crippen LogP contribution in [0.3, 0.4) is 0 Å². The maximum Gasteiger partial charge on any atom is 0.0656 e. The minimum atomic E-state index is -0.666. The van der Waals surface area contributed by atoms with Crippen LogP contribution >= 0.6 is 0 Å². The summed E-state index contributed by atoms with van der Waals surface area (Å²) in [5.41, 5.74) is 6.63. The Balaban J connectivity index is 2.48. The number of hydrogen-bond acceptors (Lipinski definition) is 4. The minimum absolute atomic E-state index is 0.0453. The Morgan fingerprint density at radius 1 is 1.26 bits per heavy atom. The van der Waals surface area contributed by atoms with Crippen molar-refractivity contribution in [2.75, 3.05) is 40.0 Å². The lowest BCUT2D eigenvalue weighted by molar-refractivity contribution is 0.114. The molecular weight excluding hydrogens is 240 g/mol. The molecule has 1 rings (SSSR count). The van der Waals surface area contributed by atoms with Gasteiger partial charge in [-0.15, -0.1) is 0 Å². The first-order valence-corrected chi connectivity index (χ1v) is 6.84. The molecule has 1 aromatic rings. The Labute approximate surface area is 116 Å². The summed E-state index contributed by atoms with van der Waals surface area (Å²) in [6, 6.07) is 9.79. The van der Waals surface area contributed by atoms with Crippen molar-refractivity contribution in [2.24, 2.45) is 5.73 Å². The van der Waals surface area contributed by atoms with Crippen LogP contribution < -0.4 is 5.73 Å². The normalized spacial score (nSPS) is 14.6. The Hall–Kier alpha value is -0.940. The highest BCUT2D eigenvalue weighted by molar-refractivity contribution is 5.24. The van der Waals surface area contributed by atoms with Gasteiger partial charge < -0.3 is 20.5 Å². The molecule has 0 radical (unpaired) electrons. The van der Waals surface area contributed by atoms with Crippen molar-refractivity contribution in [3.05, 3.63) is 35.9 Å². The summed E-state index contributed by atoms with van der Waals surface area (Å²) in [7, 11) is 2.04. The fraction of sp³-hybridized carbons (Fsp3) is 0.600. The zero-order valence-electron chi connectivity index (χ0n) is 12.0. The maximum atomic E-state index is 9.60. The second-order valence-corrected chi connectivity index (χ2v) is 4.93. The van der Waals surface area contributed by atoms with Crippen LogP contribution in [0.15, 0.2) is 30.3 Å². The van der Waals surface area contributed by atoms with Gasteiger partial charge in [0, 0.05) is 19.7 Å². The van der Waals surface area contributed by atoms with Gasteiger partial charge in [0.2, 0.25) is 0 Å². The first-order valence-electron chi connectivity index (χ1n) is 6.84. The number of rotatable bonds is 9. The van der Waals surface area contributed by atoms with E-state index in [4.69, 9.17) is 10.5 Å². The molecular formula is C15H26N2O2. The van der Waals surface area contributed by atoms with Gasteiger partial charge >= 0.3 is 0 Å². The van der Waals surface area contributed by atoms with Gasteiger partial charge in [-0.1, -0.05) is 30.3 Å². The van der Waals surface area contributed by atoms with Crippen LogP contribution in [0.1, 0.15) is 18.9 Å². The summed E-state index contributed by atoms with van der Waals surface area (Å²) in [4.78, 5) is 2.18. The monoisotopic (exact) mass is 266 g/mol. The molecule has 0 aliphatic rings. The molecule has 0 amide bonds. The molecule has 1 aromatic carbocycles. The highest BCUT2D eigenvalue weighted by Gasteiger charge is 2.26. The predicted octanol–water partition coefficient (Wildman–Crippen LogP) is 1.19. The zero-order valence-corrected chi connectivity index (χ0v) is 12.0. The third-order valence-corrected chi connectivity index (χ3v) is 3.39. The van der Waals surface area contributed by atoms with Crippen molar-refractivity contribution >= 4 is 0 Å². The molecule has 19 heavy (non-hydrogen) atoms. The van der Waals surface area contributed by atoms with Crippen molar-refractivity contribution in [1.82, 2.24) is 4.90 Å². The number of nitrogens with two attached hydrogens (primary N) is 1. The van der Waals surface area contributed by atoms with E-state index in [9.17, 15) is 5.11 Å². The molecule has 1 atom stereocenters. The fourth-order valence-electron chi connectivity index (χ4n) is 1.95. The summed E-state index contributed by atoms with van der Waals surface area (Å²) < 4.78 is 5.32. The van der Waals surface area contributed by atoms with Crippen molar-refractivity contribution < 1.29 is 9.84 Å². The molecule has 4 heteroatoms. The van der Waals surface area contributed by atoms with Crippen molar-refractivity contribution in [3.8, 4) is 0 Å². The standard InChI is InChI=1S/C15H26N2O2/c1-3-19-12-11-17(2)10-9-15(16,13-18)14-7-5-4-6-8-14/h4-8,18H,3,9-13,16H2,1-2H3. The van der Waals surface area contributed by atoms with Crippen LogP contribution in [0.25, 0.3) is 0 Å². The molecule has 3 N–H and O–H groups in total. The van der Waals surface area contributed by atoms with Crippen LogP contribution in [0.5, 0.6) is 0 Å². The van der Waals surface area contributed by atoms with Gasteiger partial charge in [-0.3, -0.25) is 0 Å². The first kappa shape index (κ1) is 16.1. The number of aliphatic hydroxyl groups excluding tert-OH is 1. The number of aliphatic hydroxyl groups is 1. The molecule has 108 valence electrons. The number of likely N-dealkylation sites (N-methyl/N-ethyl adjacent to an activating group) is 1. The fourth-order valence-corrected chi connectivity index (χ4v) is 1.95. The molecule has 0 aliphatic carbocycles. The second-order valence-electron chi connectivity index (χ2n) is 4.93. The average Bonchev–Trinajstić information content (AvgIpc) is 2.46. The van der Waals surface area contributed by atoms with E-state index in [1.165, 1.54) is 0 Å². The van der Waals surface area contributed by atoms with Crippen LogP contribution in [-0.2, 0) is 10.3 Å². The van der Waals surface area contributed by atoms with Crippen molar-refractivity contribution in [3.63, 3.8) is 0 Å². The van der Waals surface area contributed by atoms with Crippen LogP contribution in [0.2, 0.25) is 0 Å². The van der Waals surface area contributed by atoms with Gasteiger partial charge in [0.25, 0.3) is 0 Å². The van der Waals surface area contributed by atoms with Crippen molar-refractivity contribution in [1.29, 1.82) is 0 Å². The maximum absolute atomic E-state index is 9.60. The summed E-state index contributed by atoms with van der Waals surface area (Å²) >= 11 is 0. The molecule has 0 aromatic heterocycles. The molecule has 4 nitrogen and oxygen atoms in total. The lowest BCUT2D eigenvalue weighted by Gasteiger charge is -2.30. The number of ether oxygens (including phenoxy) is 1. The highest BCUT2D eigenvalue weighted by Crippen LogP contribution is 2.21. The van der Waals surface area contributed by atoms with E-state index in [2.05, 4.69) is 4.90 Å². The van der Waals surface area contributed by atoms with Gasteiger partial charge in [0.15, 0.2) is 0 Å². The zero-order chi connectivity index (χ0) is 14.1. The Morgan fingerprint density at radius 2 is 1.95 bits per heavy atom. The van der Waals surface area contributed by atoms with Crippen LogP contribution in [0, 0.1) is 0 Å². The topological polar surface area (TPSA) is 58.7 Å². The lowest BCUT2D eigenvalue weighted by Crippen LogP contribution is -2.43. The quantitative estimate of drug-likeness (QED) is 0.659. The first-order chi connectivity index (χ1) is 9.12. The summed E-state index contributed by atoms with van der Waals surface area (Å²) in [6.45, 7) is 5.13. The summed E-state index contributed by atoms with van der Waals surface area (Å²) in [5.74, 6) is 0. The van der Waals surface area contributed by atoms with E-state index < -0.39 is 5.54 Å². The molecule has 1 unspecified atom stereocenters. The molecule has 0 saturated carbocycles. The van der Waals surface area contributed by atoms with E-state index in [0.29, 0.717) is 0 Å². The average molecular weight is 266 g/mol. The number of hydrogen-bond donors (Lipinski definition) is 2. The van der Waals surface area contributed by atoms with E-state index in [0.717, 1.165) is 38.3 Å². The van der Waals surface area contributed by atoms with Gasteiger partial charge in [0.1, 0.15) is 0 Å². The summed E-state index contributed by atoms with van der Waals surface area (Å²) in [5, 5.41) is 9.60. The molecule has 0 aliphatic heterocycles. The SMILES string of the molecule is CCOCCN(C)CCC(N)(CO)c1ccccc1. The molecule has 0 saturated heterocycles. The third-order valence-electron chi connectivity index (χ3n) is 3.39. The molecule has 0 spiro atoms. The molecule has 0 fully saturated rings. The van der Waals surface area contributed by atoms with Gasteiger partial charge in [-0.05, 0) is 26.0 Å². The Bertz CT molecular complexity index is 345. The van der Waals surface area contributed by atoms with Crippen molar-refractivity contribution in [2.45, 2.75) is 18.9 Å². The van der Waals surface area contributed by atoms with Gasteiger partial charge in [-0.2, -0.15) is 0 Å².